The van der Waals surface area contributed by atoms with Gasteiger partial charge in [-0.05, 0) is 6.42 Å². The van der Waals surface area contributed by atoms with E-state index in [0.717, 1.165) is 0 Å². The van der Waals surface area contributed by atoms with E-state index in [0.29, 0.717) is 29.4 Å². The molecule has 0 aliphatic heterocycles. The summed E-state index contributed by atoms with van der Waals surface area (Å²) in [6.45, 7) is 0.581. The molecule has 0 unspecified atom stereocenters. The number of nitrogens with two attached hydrogens (primary N) is 1. The molecule has 0 saturated carbocycles. The molecule has 5 nitrogen and oxygen atoms in total. The number of nitrogens with zero attached hydrogens (tertiary/aromatic N) is 2. The number of hydrogen-bond donors (Lipinski definition) is 2. The van der Waals surface area contributed by atoms with Crippen molar-refractivity contribution in [1.82, 2.24) is 4.98 Å². The largest absolute Gasteiger partial charge is 0.370 e. The maximum atomic E-state index is 10.4. The molecule has 1 heterocycles. The minimum absolute atomic E-state index is 0.208. The predicted molar refractivity (Wildman–Crippen MR) is 58.8 cm³/mol. The summed E-state index contributed by atoms with van der Waals surface area (Å²) in [5.41, 5.74) is 4.98. The van der Waals surface area contributed by atoms with E-state index in [1.165, 1.54) is 11.3 Å². The molecule has 7 heteroatoms. The van der Waals surface area contributed by atoms with Crippen molar-refractivity contribution in [2.24, 2.45) is 5.73 Å². The van der Waals surface area contributed by atoms with Gasteiger partial charge in [-0.2, -0.15) is 5.26 Å². The second-order valence-electron chi connectivity index (χ2n) is 2.75. The summed E-state index contributed by atoms with van der Waals surface area (Å²) in [7, 11) is 0. The van der Waals surface area contributed by atoms with Gasteiger partial charge >= 0.3 is 0 Å². The third-order valence-electron chi connectivity index (χ3n) is 1.56. The lowest BCUT2D eigenvalue weighted by Gasteiger charge is -1.99. The molecule has 1 amide bonds. The third-order valence-corrected chi connectivity index (χ3v) is 2.87. The van der Waals surface area contributed by atoms with Crippen LogP contribution < -0.4 is 11.1 Å². The fraction of sp³-hybridized carbons (Fsp3) is 0.375. The number of halogens is 1. The van der Waals surface area contributed by atoms with E-state index in [2.05, 4.69) is 10.3 Å². The average Bonchev–Trinajstić information content (AvgIpc) is 2.53. The standard InChI is InChI=1S/C8H9ClN4OS/c9-7-5(4-10)15-8(13-7)12-3-1-2-6(11)14/h1-3H2,(H2,11,14)(H,12,13). The number of primary amides is 1. The number of aromatic nitrogens is 1. The monoisotopic (exact) mass is 244 g/mol. The summed E-state index contributed by atoms with van der Waals surface area (Å²) in [5.74, 6) is -0.327. The lowest BCUT2D eigenvalue weighted by atomic mass is 10.3. The maximum absolute atomic E-state index is 10.4. The van der Waals surface area contributed by atoms with Gasteiger partial charge in [-0.15, -0.1) is 0 Å². The molecule has 0 atom stereocenters. The van der Waals surface area contributed by atoms with Gasteiger partial charge in [0, 0.05) is 13.0 Å². The van der Waals surface area contributed by atoms with Crippen LogP contribution in [0.1, 0.15) is 17.7 Å². The molecule has 0 aromatic carbocycles. The second-order valence-corrected chi connectivity index (χ2v) is 4.10. The van der Waals surface area contributed by atoms with Gasteiger partial charge in [-0.1, -0.05) is 22.9 Å². The normalized spacial score (nSPS) is 9.60. The van der Waals surface area contributed by atoms with E-state index in [4.69, 9.17) is 22.6 Å². The van der Waals surface area contributed by atoms with Crippen LogP contribution in [0.15, 0.2) is 0 Å². The number of hydrogen-bond acceptors (Lipinski definition) is 5. The highest BCUT2D eigenvalue weighted by Crippen LogP contribution is 2.25. The van der Waals surface area contributed by atoms with E-state index in [9.17, 15) is 4.79 Å². The first-order valence-corrected chi connectivity index (χ1v) is 5.41. The van der Waals surface area contributed by atoms with Crippen LogP contribution in [0.5, 0.6) is 0 Å². The van der Waals surface area contributed by atoms with E-state index < -0.39 is 0 Å². The number of carbonyl (C=O) groups is 1. The van der Waals surface area contributed by atoms with E-state index in [1.54, 1.807) is 0 Å². The van der Waals surface area contributed by atoms with Crippen LogP contribution in [0.3, 0.4) is 0 Å². The van der Waals surface area contributed by atoms with Crippen molar-refractivity contribution in [2.45, 2.75) is 12.8 Å². The van der Waals surface area contributed by atoms with E-state index in [1.807, 2.05) is 6.07 Å². The Bertz CT molecular complexity index is 398. The number of anilines is 1. The fourth-order valence-electron chi connectivity index (χ4n) is 0.904. The molecule has 1 aromatic heterocycles. The molecule has 0 aliphatic rings. The van der Waals surface area contributed by atoms with Gasteiger partial charge < -0.3 is 11.1 Å². The highest BCUT2D eigenvalue weighted by Gasteiger charge is 2.07. The van der Waals surface area contributed by atoms with Crippen LogP contribution in [-0.4, -0.2) is 17.4 Å². The SMILES string of the molecule is N#Cc1sc(NCCCC(N)=O)nc1Cl. The second kappa shape index (κ2) is 5.53. The van der Waals surface area contributed by atoms with Crippen molar-refractivity contribution in [3.8, 4) is 6.07 Å². The Hall–Kier alpha value is -1.32. The minimum atomic E-state index is -0.327. The van der Waals surface area contributed by atoms with Crippen LogP contribution in [-0.2, 0) is 4.79 Å². The summed E-state index contributed by atoms with van der Waals surface area (Å²) in [5, 5.41) is 12.4. The zero-order chi connectivity index (χ0) is 11.3. The molecule has 3 N–H and O–H groups in total. The Morgan fingerprint density at radius 2 is 2.47 bits per heavy atom. The number of carbonyl (C=O) groups excluding carboxylic acids is 1. The topological polar surface area (TPSA) is 91.8 Å². The third kappa shape index (κ3) is 3.73. The Morgan fingerprint density at radius 1 is 1.73 bits per heavy atom. The molecule has 0 spiro atoms. The van der Waals surface area contributed by atoms with Gasteiger partial charge in [-0.25, -0.2) is 4.98 Å². The molecule has 1 rings (SSSR count). The summed E-state index contributed by atoms with van der Waals surface area (Å²) < 4.78 is 0. The van der Waals surface area contributed by atoms with Crippen molar-refractivity contribution >= 4 is 34.0 Å². The zero-order valence-corrected chi connectivity index (χ0v) is 9.36. The van der Waals surface area contributed by atoms with Crippen LogP contribution in [0.4, 0.5) is 5.13 Å². The average molecular weight is 245 g/mol. The molecule has 0 bridgehead atoms. The first kappa shape index (κ1) is 11.8. The number of amides is 1. The molecule has 0 aliphatic carbocycles. The van der Waals surface area contributed by atoms with Crippen molar-refractivity contribution in [2.75, 3.05) is 11.9 Å². The number of nitrogens with one attached hydrogen (secondary N) is 1. The van der Waals surface area contributed by atoms with Crippen molar-refractivity contribution < 1.29 is 4.79 Å². The van der Waals surface area contributed by atoms with Crippen LogP contribution in [0.25, 0.3) is 0 Å². The Kier molecular flexibility index (Phi) is 4.34. The van der Waals surface area contributed by atoms with Gasteiger partial charge in [0.15, 0.2) is 10.3 Å². The van der Waals surface area contributed by atoms with Gasteiger partial charge in [0.05, 0.1) is 0 Å². The highest BCUT2D eigenvalue weighted by molar-refractivity contribution is 7.16. The fourth-order valence-corrected chi connectivity index (χ4v) is 1.88. The smallest absolute Gasteiger partial charge is 0.217 e. The lowest BCUT2D eigenvalue weighted by Crippen LogP contribution is -2.12. The molecular formula is C8H9ClN4OS. The Balaban J connectivity index is 2.38. The van der Waals surface area contributed by atoms with E-state index >= 15 is 0 Å². The predicted octanol–water partition coefficient (Wildman–Crippen LogP) is 1.35. The van der Waals surface area contributed by atoms with Crippen molar-refractivity contribution in [1.29, 1.82) is 5.26 Å². The number of nitriles is 1. The number of rotatable bonds is 5. The molecule has 0 radical (unpaired) electrons. The van der Waals surface area contributed by atoms with Gasteiger partial charge in [0.1, 0.15) is 10.9 Å². The molecule has 15 heavy (non-hydrogen) atoms. The quantitative estimate of drug-likeness (QED) is 0.765. The summed E-state index contributed by atoms with van der Waals surface area (Å²) in [6, 6.07) is 1.93. The molecule has 0 saturated heterocycles. The lowest BCUT2D eigenvalue weighted by molar-refractivity contribution is -0.118. The first-order valence-electron chi connectivity index (χ1n) is 4.22. The summed E-state index contributed by atoms with van der Waals surface area (Å²) >= 11 is 6.86. The molecule has 80 valence electrons. The van der Waals surface area contributed by atoms with E-state index in [-0.39, 0.29) is 11.1 Å². The zero-order valence-electron chi connectivity index (χ0n) is 7.79. The minimum Gasteiger partial charge on any atom is -0.370 e. The van der Waals surface area contributed by atoms with Crippen LogP contribution in [0.2, 0.25) is 5.15 Å². The summed E-state index contributed by atoms with van der Waals surface area (Å²) in [6.07, 6.45) is 0.964. The molecule has 0 fully saturated rings. The first-order chi connectivity index (χ1) is 7.13. The van der Waals surface area contributed by atoms with Crippen molar-refractivity contribution in [3.63, 3.8) is 0 Å². The van der Waals surface area contributed by atoms with Crippen LogP contribution >= 0.6 is 22.9 Å². The van der Waals surface area contributed by atoms with Gasteiger partial charge in [0.25, 0.3) is 0 Å². The van der Waals surface area contributed by atoms with Gasteiger partial charge in [-0.3, -0.25) is 4.79 Å². The number of thiazole rings is 1. The molecule has 1 aromatic rings. The Labute approximate surface area is 95.9 Å². The Morgan fingerprint density at radius 3 is 3.00 bits per heavy atom. The highest BCUT2D eigenvalue weighted by atomic mass is 35.5. The van der Waals surface area contributed by atoms with Gasteiger partial charge in [0.2, 0.25) is 5.91 Å². The van der Waals surface area contributed by atoms with Crippen molar-refractivity contribution in [3.05, 3.63) is 10.0 Å². The van der Waals surface area contributed by atoms with Crippen LogP contribution in [0, 0.1) is 11.3 Å². The maximum Gasteiger partial charge on any atom is 0.217 e. The molecular weight excluding hydrogens is 236 g/mol. The summed E-state index contributed by atoms with van der Waals surface area (Å²) in [4.78, 5) is 14.7.